The maximum absolute atomic E-state index is 3.53. The van der Waals surface area contributed by atoms with Gasteiger partial charge in [0.25, 0.3) is 0 Å². The van der Waals surface area contributed by atoms with E-state index in [2.05, 4.69) is 333 Å². The first-order valence-electron chi connectivity index (χ1n) is 27.8. The van der Waals surface area contributed by atoms with E-state index in [1.807, 2.05) is 34.0 Å². The van der Waals surface area contributed by atoms with Gasteiger partial charge in [-0.1, -0.05) is 254 Å². The van der Waals surface area contributed by atoms with E-state index < -0.39 is 0 Å². The molecule has 3 aromatic heterocycles. The average Bonchev–Trinajstić information content (AvgIpc) is 3.24. The summed E-state index contributed by atoms with van der Waals surface area (Å²) < 4.78 is 11.4. The Morgan fingerprint density at radius 2 is 0.536 bits per heavy atom. The molecule has 0 fully saturated rings. The molecule has 0 aliphatic heterocycles. The van der Waals surface area contributed by atoms with Crippen molar-refractivity contribution in [3.63, 3.8) is 0 Å². The smallest absolute Gasteiger partial charge is 0.0434 e. The quantitative estimate of drug-likeness (QED) is 0.161. The highest BCUT2D eigenvalue weighted by Crippen LogP contribution is 2.45. The van der Waals surface area contributed by atoms with Crippen LogP contribution >= 0.6 is 81.8 Å². The van der Waals surface area contributed by atoms with Crippen molar-refractivity contribution in [3.8, 4) is 55.6 Å². The topological polar surface area (TPSA) is 0 Å². The molecule has 0 spiro atoms. The minimum atomic E-state index is 1.10. The summed E-state index contributed by atoms with van der Waals surface area (Å²) >= 11 is 16.2. The Hall–Kier alpha value is -8.04. The van der Waals surface area contributed by atoms with Crippen LogP contribution in [0.15, 0.2) is 299 Å². The molecule has 0 amide bonds. The number of halogens is 3. The van der Waals surface area contributed by atoms with Crippen LogP contribution in [0, 0.1) is 0 Å². The number of fused-ring (bicyclic) bond motifs is 15. The molecule has 84 heavy (non-hydrogen) atoms. The van der Waals surface area contributed by atoms with Gasteiger partial charge in [0.1, 0.15) is 0 Å². The average molecular weight is 1320 g/mol. The fraction of sp³-hybridized carbons (Fsp3) is 0. The highest BCUT2D eigenvalue weighted by Gasteiger charge is 2.15. The SMILES string of the molecule is Brc1ccc(-c2ccc3c(c2)sc2ccc4ccccc4c23)cc1.Brc1ccc(-c2cccc(-c3ccc4c(c3)sc3ccc5ccccc5c34)c2)cc1.Brc1ccc(-c2cccc(-c3cccc4c3sc3ccc5ccccc5c34)c2)cc1. The van der Waals surface area contributed by atoms with Gasteiger partial charge < -0.3 is 0 Å². The predicted octanol–water partition coefficient (Wildman–Crippen LogP) is 26.2. The lowest BCUT2D eigenvalue weighted by Gasteiger charge is -2.08. The second-order valence-electron chi connectivity index (χ2n) is 21.1. The summed E-state index contributed by atoms with van der Waals surface area (Å²) in [5.41, 5.74) is 12.5. The van der Waals surface area contributed by atoms with E-state index >= 15 is 0 Å². The minimum absolute atomic E-state index is 1.10. The summed E-state index contributed by atoms with van der Waals surface area (Å²) in [6.07, 6.45) is 0. The monoisotopic (exact) mass is 1320 g/mol. The van der Waals surface area contributed by atoms with E-state index in [1.54, 1.807) is 0 Å². The highest BCUT2D eigenvalue weighted by atomic mass is 79.9. The van der Waals surface area contributed by atoms with E-state index in [4.69, 9.17) is 0 Å². The van der Waals surface area contributed by atoms with Crippen LogP contribution in [0.5, 0.6) is 0 Å². The van der Waals surface area contributed by atoms with Crippen molar-refractivity contribution in [2.24, 2.45) is 0 Å². The second kappa shape index (κ2) is 22.5. The summed E-state index contributed by atoms with van der Waals surface area (Å²) in [5, 5.41) is 16.1. The molecule has 17 rings (SSSR count). The Kier molecular flexibility index (Phi) is 14.1. The molecular weight excluding hydrogens is 1270 g/mol. The van der Waals surface area contributed by atoms with E-state index in [0.29, 0.717) is 0 Å². The van der Waals surface area contributed by atoms with Crippen LogP contribution in [0.2, 0.25) is 0 Å². The number of benzene rings is 14. The standard InChI is InChI=1S/2C28H17BrS.C22H13BrS/c29-22-14-11-18(12-15-22)20-6-3-7-21(17-20)24-9-4-10-25-27-23-8-2-1-5-19(23)13-16-26(27)30-28(24)25;29-23-12-8-18(9-13-23)20-5-3-6-21(16-20)22-10-14-25-27(17-22)30-26-15-11-19-4-1-2-7-24(19)28(25)26;23-17-9-5-14(6-10-17)16-7-11-19-21(13-16)24-20-12-8-15-3-1-2-4-18(15)22(19)20/h2*1-17H;1-13H. The third kappa shape index (κ3) is 10.0. The van der Waals surface area contributed by atoms with E-state index in [0.717, 1.165) is 13.4 Å². The lowest BCUT2D eigenvalue weighted by Crippen LogP contribution is -1.82. The molecule has 0 N–H and O–H groups in total. The maximum Gasteiger partial charge on any atom is 0.0434 e. The minimum Gasteiger partial charge on any atom is -0.135 e. The first kappa shape index (κ1) is 52.7. The first-order chi connectivity index (χ1) is 41.3. The Morgan fingerprint density at radius 3 is 1.00 bits per heavy atom. The van der Waals surface area contributed by atoms with E-state index in [-0.39, 0.29) is 0 Å². The van der Waals surface area contributed by atoms with Gasteiger partial charge in [-0.3, -0.25) is 0 Å². The van der Waals surface area contributed by atoms with Crippen LogP contribution < -0.4 is 0 Å². The Labute approximate surface area is 524 Å². The van der Waals surface area contributed by atoms with Crippen LogP contribution in [-0.4, -0.2) is 0 Å². The predicted molar refractivity (Wildman–Crippen MR) is 381 cm³/mol. The Bertz CT molecular complexity index is 5340. The Balaban J connectivity index is 0.000000108. The zero-order chi connectivity index (χ0) is 56.3. The molecule has 0 atom stereocenters. The molecule has 3 heterocycles. The molecule has 0 saturated carbocycles. The summed E-state index contributed by atoms with van der Waals surface area (Å²) in [5.74, 6) is 0. The van der Waals surface area contributed by atoms with E-state index in [1.165, 1.54) is 148 Å². The number of thiophene rings is 3. The molecule has 0 bridgehead atoms. The zero-order valence-electron chi connectivity index (χ0n) is 45.0. The Morgan fingerprint density at radius 1 is 0.202 bits per heavy atom. The first-order valence-corrected chi connectivity index (χ1v) is 32.7. The van der Waals surface area contributed by atoms with Gasteiger partial charge in [0.2, 0.25) is 0 Å². The molecule has 0 radical (unpaired) electrons. The van der Waals surface area contributed by atoms with Gasteiger partial charge in [-0.25, -0.2) is 0 Å². The molecule has 0 saturated heterocycles. The summed E-state index contributed by atoms with van der Waals surface area (Å²) in [6.45, 7) is 0. The van der Waals surface area contributed by atoms with Crippen molar-refractivity contribution >= 4 is 175 Å². The molecule has 6 heteroatoms. The molecule has 398 valence electrons. The van der Waals surface area contributed by atoms with Crippen molar-refractivity contribution in [1.29, 1.82) is 0 Å². The van der Waals surface area contributed by atoms with Crippen LogP contribution in [0.1, 0.15) is 0 Å². The lowest BCUT2D eigenvalue weighted by atomic mass is 9.97. The molecule has 14 aromatic carbocycles. The third-order valence-corrected chi connectivity index (χ3v) is 21.0. The highest BCUT2D eigenvalue weighted by molar-refractivity contribution is 9.11. The van der Waals surface area contributed by atoms with Gasteiger partial charge in [0.15, 0.2) is 0 Å². The molecule has 0 nitrogen and oxygen atoms in total. The lowest BCUT2D eigenvalue weighted by molar-refractivity contribution is 1.58. The van der Waals surface area contributed by atoms with Crippen molar-refractivity contribution in [2.75, 3.05) is 0 Å². The van der Waals surface area contributed by atoms with Gasteiger partial charge in [0, 0.05) is 73.9 Å². The van der Waals surface area contributed by atoms with Gasteiger partial charge in [-0.05, 0) is 167 Å². The number of hydrogen-bond donors (Lipinski definition) is 0. The molecule has 0 unspecified atom stereocenters. The van der Waals surface area contributed by atoms with Crippen LogP contribution in [0.25, 0.3) is 148 Å². The fourth-order valence-corrected chi connectivity index (χ4v) is 16.3. The van der Waals surface area contributed by atoms with Crippen LogP contribution in [0.3, 0.4) is 0 Å². The summed E-state index contributed by atoms with van der Waals surface area (Å²) in [6, 6.07) is 103. The van der Waals surface area contributed by atoms with Gasteiger partial charge in [-0.2, -0.15) is 0 Å². The normalized spacial score (nSPS) is 11.5. The van der Waals surface area contributed by atoms with Gasteiger partial charge in [-0.15, -0.1) is 34.0 Å². The summed E-state index contributed by atoms with van der Waals surface area (Å²) in [4.78, 5) is 0. The number of rotatable bonds is 5. The van der Waals surface area contributed by atoms with Gasteiger partial charge in [0.05, 0.1) is 0 Å². The van der Waals surface area contributed by atoms with Crippen molar-refractivity contribution in [2.45, 2.75) is 0 Å². The van der Waals surface area contributed by atoms with Crippen molar-refractivity contribution in [3.05, 3.63) is 299 Å². The van der Waals surface area contributed by atoms with Crippen LogP contribution in [-0.2, 0) is 0 Å². The second-order valence-corrected chi connectivity index (χ2v) is 27.0. The third-order valence-electron chi connectivity index (χ3n) is 16.0. The maximum atomic E-state index is 3.53. The van der Waals surface area contributed by atoms with Crippen molar-refractivity contribution in [1.82, 2.24) is 0 Å². The van der Waals surface area contributed by atoms with E-state index in [9.17, 15) is 0 Å². The zero-order valence-corrected chi connectivity index (χ0v) is 52.2. The fourth-order valence-electron chi connectivity index (χ4n) is 11.9. The summed E-state index contributed by atoms with van der Waals surface area (Å²) in [7, 11) is 0. The van der Waals surface area contributed by atoms with Crippen LogP contribution in [0.4, 0.5) is 0 Å². The molecule has 17 aromatic rings. The van der Waals surface area contributed by atoms with Gasteiger partial charge >= 0.3 is 0 Å². The molecular formula is C78H47Br3S3. The molecule has 0 aliphatic carbocycles. The largest absolute Gasteiger partial charge is 0.135 e. The molecule has 0 aliphatic rings. The number of hydrogen-bond acceptors (Lipinski definition) is 3. The van der Waals surface area contributed by atoms with Crippen molar-refractivity contribution < 1.29 is 0 Å².